The Hall–Kier alpha value is -3.39. The van der Waals surface area contributed by atoms with Gasteiger partial charge in [-0.1, -0.05) is 48.0 Å². The molecular formula is C20H17N3O2. The quantitative estimate of drug-likeness (QED) is 0.680. The lowest BCUT2D eigenvalue weighted by molar-refractivity contribution is 0.0436. The minimum absolute atomic E-state index is 0.329. The Labute approximate surface area is 146 Å². The summed E-state index contributed by atoms with van der Waals surface area (Å²) >= 11 is 0. The van der Waals surface area contributed by atoms with Crippen LogP contribution in [0.5, 0.6) is 0 Å². The summed E-state index contributed by atoms with van der Waals surface area (Å²) in [4.78, 5) is 12.5. The van der Waals surface area contributed by atoms with Crippen molar-refractivity contribution in [2.45, 2.75) is 20.0 Å². The zero-order valence-corrected chi connectivity index (χ0v) is 14.0. The van der Waals surface area contributed by atoms with Gasteiger partial charge in [-0.25, -0.2) is 9.48 Å². The van der Waals surface area contributed by atoms with Crippen molar-refractivity contribution in [3.05, 3.63) is 71.9 Å². The molecule has 0 fully saturated rings. The van der Waals surface area contributed by atoms with E-state index in [1.807, 2.05) is 67.6 Å². The van der Waals surface area contributed by atoms with Crippen LogP contribution in [0.3, 0.4) is 0 Å². The van der Waals surface area contributed by atoms with E-state index in [0.29, 0.717) is 11.3 Å². The maximum atomic E-state index is 12.5. The molecule has 3 aromatic rings. The molecule has 5 heteroatoms. The van der Waals surface area contributed by atoms with Crippen molar-refractivity contribution < 1.29 is 9.53 Å². The number of nitrogens with zero attached hydrogens (tertiary/aromatic N) is 3. The second-order valence-corrected chi connectivity index (χ2v) is 5.71. The molecule has 5 nitrogen and oxygen atoms in total. The van der Waals surface area contributed by atoms with Gasteiger partial charge in [0.2, 0.25) is 0 Å². The molecule has 0 N–H and O–H groups in total. The molecule has 1 aromatic heterocycles. The molecule has 3 rings (SSSR count). The zero-order chi connectivity index (χ0) is 17.8. The van der Waals surface area contributed by atoms with E-state index in [1.165, 1.54) is 6.92 Å². The largest absolute Gasteiger partial charge is 0.444 e. The number of carbonyl (C=O) groups is 1. The van der Waals surface area contributed by atoms with E-state index < -0.39 is 12.1 Å². The van der Waals surface area contributed by atoms with Crippen LogP contribution < -0.4 is 0 Å². The first-order valence-corrected chi connectivity index (χ1v) is 7.91. The van der Waals surface area contributed by atoms with Crippen LogP contribution >= 0.6 is 0 Å². The maximum absolute atomic E-state index is 12.5. The summed E-state index contributed by atoms with van der Waals surface area (Å²) < 4.78 is 6.81. The number of rotatable bonds is 4. The molecule has 0 unspecified atom stereocenters. The molecule has 0 amide bonds. The van der Waals surface area contributed by atoms with Gasteiger partial charge in [-0.05, 0) is 26.0 Å². The molecule has 0 aliphatic carbocycles. The molecule has 0 bridgehead atoms. The number of hydrogen-bond donors (Lipinski definition) is 0. The topological polar surface area (TPSA) is 67.9 Å². The Morgan fingerprint density at radius 2 is 1.84 bits per heavy atom. The Balaban J connectivity index is 2.08. The van der Waals surface area contributed by atoms with E-state index in [-0.39, 0.29) is 0 Å². The molecule has 0 spiro atoms. The summed E-state index contributed by atoms with van der Waals surface area (Å²) in [7, 11) is 0. The van der Waals surface area contributed by atoms with Crippen LogP contribution in [0.4, 0.5) is 0 Å². The van der Waals surface area contributed by atoms with E-state index in [1.54, 1.807) is 10.9 Å². The van der Waals surface area contributed by atoms with Crippen LogP contribution in [0.15, 0.2) is 60.8 Å². The van der Waals surface area contributed by atoms with E-state index in [0.717, 1.165) is 16.8 Å². The minimum Gasteiger partial charge on any atom is -0.444 e. The number of hydrogen-bond acceptors (Lipinski definition) is 4. The lowest BCUT2D eigenvalue weighted by Gasteiger charge is -2.06. The Bertz CT molecular complexity index is 922. The number of ether oxygens (including phenoxy) is 1. The van der Waals surface area contributed by atoms with E-state index in [4.69, 9.17) is 10.00 Å². The van der Waals surface area contributed by atoms with Crippen molar-refractivity contribution in [1.29, 1.82) is 5.26 Å². The third kappa shape index (κ3) is 3.59. The first-order chi connectivity index (χ1) is 12.1. The molecular weight excluding hydrogens is 314 g/mol. The summed E-state index contributed by atoms with van der Waals surface area (Å²) in [6.45, 7) is 3.53. The SMILES string of the molecule is Cc1ccc(-c2nn(-c3ccccc3)cc2C(=O)O[C@@H](C)C#N)cc1. The molecule has 1 atom stereocenters. The summed E-state index contributed by atoms with van der Waals surface area (Å²) in [6, 6.07) is 19.2. The fourth-order valence-electron chi connectivity index (χ4n) is 2.41. The van der Waals surface area contributed by atoms with E-state index in [9.17, 15) is 4.79 Å². The van der Waals surface area contributed by atoms with Gasteiger partial charge in [-0.2, -0.15) is 10.4 Å². The van der Waals surface area contributed by atoms with Gasteiger partial charge in [-0.15, -0.1) is 0 Å². The number of nitriles is 1. The highest BCUT2D eigenvalue weighted by atomic mass is 16.5. The highest BCUT2D eigenvalue weighted by molar-refractivity contribution is 5.96. The second kappa shape index (κ2) is 7.02. The highest BCUT2D eigenvalue weighted by Gasteiger charge is 2.21. The van der Waals surface area contributed by atoms with Crippen molar-refractivity contribution in [2.24, 2.45) is 0 Å². The highest BCUT2D eigenvalue weighted by Crippen LogP contribution is 2.25. The predicted octanol–water partition coefficient (Wildman–Crippen LogP) is 3.92. The average molecular weight is 331 g/mol. The first kappa shape index (κ1) is 16.5. The lowest BCUT2D eigenvalue weighted by atomic mass is 10.1. The van der Waals surface area contributed by atoms with E-state index in [2.05, 4.69) is 5.10 Å². The normalized spacial score (nSPS) is 11.6. The Morgan fingerprint density at radius 3 is 2.48 bits per heavy atom. The van der Waals surface area contributed by atoms with Crippen molar-refractivity contribution in [1.82, 2.24) is 9.78 Å². The Kier molecular flexibility index (Phi) is 4.62. The molecule has 25 heavy (non-hydrogen) atoms. The minimum atomic E-state index is -0.821. The van der Waals surface area contributed by atoms with Gasteiger partial charge < -0.3 is 4.74 Å². The smallest absolute Gasteiger partial charge is 0.343 e. The van der Waals surface area contributed by atoms with Crippen molar-refractivity contribution >= 4 is 5.97 Å². The lowest BCUT2D eigenvalue weighted by Crippen LogP contribution is -2.13. The Morgan fingerprint density at radius 1 is 1.16 bits per heavy atom. The summed E-state index contributed by atoms with van der Waals surface area (Å²) in [5.74, 6) is -0.563. The van der Waals surface area contributed by atoms with Crippen LogP contribution in [0, 0.1) is 18.3 Å². The van der Waals surface area contributed by atoms with E-state index >= 15 is 0 Å². The summed E-state index contributed by atoms with van der Waals surface area (Å²) in [5.41, 5.74) is 3.63. The fraction of sp³-hybridized carbons (Fsp3) is 0.150. The summed E-state index contributed by atoms with van der Waals surface area (Å²) in [6.07, 6.45) is 0.815. The number of esters is 1. The van der Waals surface area contributed by atoms with Crippen molar-refractivity contribution in [3.63, 3.8) is 0 Å². The third-order valence-electron chi connectivity index (χ3n) is 3.75. The van der Waals surface area contributed by atoms with Crippen LogP contribution in [0.25, 0.3) is 16.9 Å². The number of para-hydroxylation sites is 1. The van der Waals surface area contributed by atoms with Gasteiger partial charge in [0.1, 0.15) is 17.3 Å². The molecule has 1 heterocycles. The molecule has 0 radical (unpaired) electrons. The van der Waals surface area contributed by atoms with Gasteiger partial charge in [-0.3, -0.25) is 0 Å². The van der Waals surface area contributed by atoms with Gasteiger partial charge in [0.05, 0.1) is 5.69 Å². The zero-order valence-electron chi connectivity index (χ0n) is 14.0. The number of aryl methyl sites for hydroxylation is 1. The first-order valence-electron chi connectivity index (χ1n) is 7.91. The van der Waals surface area contributed by atoms with Gasteiger partial charge in [0.15, 0.2) is 6.10 Å². The van der Waals surface area contributed by atoms with Gasteiger partial charge in [0, 0.05) is 11.8 Å². The molecule has 2 aromatic carbocycles. The second-order valence-electron chi connectivity index (χ2n) is 5.71. The van der Waals surface area contributed by atoms with Crippen LogP contribution in [0.1, 0.15) is 22.8 Å². The average Bonchev–Trinajstić information content (AvgIpc) is 3.08. The van der Waals surface area contributed by atoms with Crippen LogP contribution in [-0.4, -0.2) is 21.9 Å². The maximum Gasteiger partial charge on any atom is 0.343 e. The van der Waals surface area contributed by atoms with Crippen LogP contribution in [-0.2, 0) is 4.74 Å². The van der Waals surface area contributed by atoms with Crippen LogP contribution in [0.2, 0.25) is 0 Å². The molecule has 0 saturated carbocycles. The number of benzene rings is 2. The molecule has 0 saturated heterocycles. The number of carbonyl (C=O) groups excluding carboxylic acids is 1. The standard InChI is InChI=1S/C20H17N3O2/c1-14-8-10-16(11-9-14)19-18(20(24)25-15(2)12-21)13-23(22-19)17-6-4-3-5-7-17/h3-11,13,15H,1-2H3/t15-/m0/s1. The molecule has 124 valence electrons. The van der Waals surface area contributed by atoms with Crippen molar-refractivity contribution in [3.8, 4) is 23.0 Å². The molecule has 0 aliphatic rings. The predicted molar refractivity (Wildman–Crippen MR) is 94.2 cm³/mol. The monoisotopic (exact) mass is 331 g/mol. The van der Waals surface area contributed by atoms with Gasteiger partial charge >= 0.3 is 5.97 Å². The van der Waals surface area contributed by atoms with Crippen molar-refractivity contribution in [2.75, 3.05) is 0 Å². The fourth-order valence-corrected chi connectivity index (χ4v) is 2.41. The number of aromatic nitrogens is 2. The summed E-state index contributed by atoms with van der Waals surface area (Å²) in [5, 5.41) is 13.5. The third-order valence-corrected chi connectivity index (χ3v) is 3.75. The van der Waals surface area contributed by atoms with Gasteiger partial charge in [0.25, 0.3) is 0 Å². The molecule has 0 aliphatic heterocycles.